The SMILES string of the molecule is Cc1cc(Cl)ccc1O[C@H](C)C(=O)Nc1ccc2ccccc2c1. The Hall–Kier alpha value is -2.52. The summed E-state index contributed by atoms with van der Waals surface area (Å²) < 4.78 is 5.75. The summed E-state index contributed by atoms with van der Waals surface area (Å²) in [6.07, 6.45) is -0.614. The summed E-state index contributed by atoms with van der Waals surface area (Å²) in [6, 6.07) is 19.2. The lowest BCUT2D eigenvalue weighted by Gasteiger charge is -2.16. The molecule has 0 saturated carbocycles. The van der Waals surface area contributed by atoms with Gasteiger partial charge in [0.05, 0.1) is 0 Å². The first-order chi connectivity index (χ1) is 11.5. The molecule has 3 nitrogen and oxygen atoms in total. The van der Waals surface area contributed by atoms with E-state index in [-0.39, 0.29) is 5.91 Å². The highest BCUT2D eigenvalue weighted by molar-refractivity contribution is 6.30. The van der Waals surface area contributed by atoms with Crippen LogP contribution in [-0.2, 0) is 4.79 Å². The third-order valence-electron chi connectivity index (χ3n) is 3.83. The number of amides is 1. The maximum absolute atomic E-state index is 12.4. The zero-order valence-electron chi connectivity index (χ0n) is 13.5. The van der Waals surface area contributed by atoms with Crippen LogP contribution in [-0.4, -0.2) is 12.0 Å². The minimum Gasteiger partial charge on any atom is -0.481 e. The number of hydrogen-bond acceptors (Lipinski definition) is 2. The number of carbonyl (C=O) groups is 1. The third kappa shape index (κ3) is 3.69. The molecule has 0 aromatic heterocycles. The number of carbonyl (C=O) groups excluding carboxylic acids is 1. The molecule has 0 aliphatic heterocycles. The topological polar surface area (TPSA) is 38.3 Å². The van der Waals surface area contributed by atoms with E-state index in [0.29, 0.717) is 10.8 Å². The number of ether oxygens (including phenoxy) is 1. The average Bonchev–Trinajstić information content (AvgIpc) is 2.57. The van der Waals surface area contributed by atoms with Crippen molar-refractivity contribution < 1.29 is 9.53 Å². The fraction of sp³-hybridized carbons (Fsp3) is 0.150. The molecule has 3 rings (SSSR count). The van der Waals surface area contributed by atoms with Crippen LogP contribution in [0.4, 0.5) is 5.69 Å². The summed E-state index contributed by atoms with van der Waals surface area (Å²) >= 11 is 5.94. The first kappa shape index (κ1) is 16.3. The largest absolute Gasteiger partial charge is 0.481 e. The number of hydrogen-bond donors (Lipinski definition) is 1. The highest BCUT2D eigenvalue weighted by Crippen LogP contribution is 2.23. The number of fused-ring (bicyclic) bond motifs is 1. The van der Waals surface area contributed by atoms with E-state index in [1.165, 1.54) is 0 Å². The predicted octanol–water partition coefficient (Wildman–Crippen LogP) is 5.21. The van der Waals surface area contributed by atoms with Crippen LogP contribution in [0.2, 0.25) is 5.02 Å². The predicted molar refractivity (Wildman–Crippen MR) is 98.9 cm³/mol. The third-order valence-corrected chi connectivity index (χ3v) is 4.06. The molecule has 0 unspecified atom stereocenters. The van der Waals surface area contributed by atoms with Gasteiger partial charge in [0.1, 0.15) is 5.75 Å². The molecule has 0 aliphatic rings. The standard InChI is InChI=1S/C20H18ClNO2/c1-13-11-17(21)8-10-19(13)24-14(2)20(23)22-18-9-7-15-5-3-4-6-16(15)12-18/h3-12,14H,1-2H3,(H,22,23)/t14-/m1/s1. The van der Waals surface area contributed by atoms with Crippen LogP contribution in [0.1, 0.15) is 12.5 Å². The van der Waals surface area contributed by atoms with E-state index >= 15 is 0 Å². The Morgan fingerprint density at radius 3 is 2.54 bits per heavy atom. The van der Waals surface area contributed by atoms with Gasteiger partial charge in [-0.25, -0.2) is 0 Å². The van der Waals surface area contributed by atoms with E-state index in [0.717, 1.165) is 22.0 Å². The van der Waals surface area contributed by atoms with Crippen molar-refractivity contribution in [3.8, 4) is 5.75 Å². The summed E-state index contributed by atoms with van der Waals surface area (Å²) in [5.74, 6) is 0.459. The minimum absolute atomic E-state index is 0.195. The van der Waals surface area contributed by atoms with Gasteiger partial charge in [-0.2, -0.15) is 0 Å². The molecule has 0 radical (unpaired) electrons. The fourth-order valence-corrected chi connectivity index (χ4v) is 2.73. The van der Waals surface area contributed by atoms with Crippen molar-refractivity contribution in [3.05, 3.63) is 71.2 Å². The van der Waals surface area contributed by atoms with Gasteiger partial charge in [0, 0.05) is 10.7 Å². The highest BCUT2D eigenvalue weighted by Gasteiger charge is 2.16. The number of anilines is 1. The van der Waals surface area contributed by atoms with Crippen molar-refractivity contribution in [1.82, 2.24) is 0 Å². The number of aryl methyl sites for hydroxylation is 1. The molecule has 122 valence electrons. The van der Waals surface area contributed by atoms with Crippen LogP contribution in [0.5, 0.6) is 5.75 Å². The quantitative estimate of drug-likeness (QED) is 0.708. The molecule has 3 aromatic carbocycles. The Balaban J connectivity index is 1.70. The molecule has 1 atom stereocenters. The Morgan fingerprint density at radius 1 is 1.04 bits per heavy atom. The zero-order valence-corrected chi connectivity index (χ0v) is 14.3. The monoisotopic (exact) mass is 339 g/mol. The molecular weight excluding hydrogens is 322 g/mol. The first-order valence-corrected chi connectivity index (χ1v) is 8.13. The summed E-state index contributed by atoms with van der Waals surface area (Å²) in [7, 11) is 0. The fourth-order valence-electron chi connectivity index (χ4n) is 2.50. The zero-order chi connectivity index (χ0) is 17.1. The maximum atomic E-state index is 12.4. The minimum atomic E-state index is -0.614. The summed E-state index contributed by atoms with van der Waals surface area (Å²) in [4.78, 5) is 12.4. The molecule has 0 saturated heterocycles. The molecule has 1 amide bonds. The lowest BCUT2D eigenvalue weighted by molar-refractivity contribution is -0.122. The van der Waals surface area contributed by atoms with E-state index in [2.05, 4.69) is 5.32 Å². The lowest BCUT2D eigenvalue weighted by Crippen LogP contribution is -2.30. The van der Waals surface area contributed by atoms with Crippen molar-refractivity contribution >= 4 is 34.0 Å². The molecule has 24 heavy (non-hydrogen) atoms. The van der Waals surface area contributed by atoms with E-state index in [4.69, 9.17) is 16.3 Å². The van der Waals surface area contributed by atoms with E-state index < -0.39 is 6.10 Å². The molecule has 0 heterocycles. The van der Waals surface area contributed by atoms with E-state index in [1.54, 1.807) is 19.1 Å². The van der Waals surface area contributed by atoms with E-state index in [9.17, 15) is 4.79 Å². The van der Waals surface area contributed by atoms with Gasteiger partial charge in [0.15, 0.2) is 6.10 Å². The van der Waals surface area contributed by atoms with Gasteiger partial charge in [0.2, 0.25) is 0 Å². The molecule has 0 spiro atoms. The van der Waals surface area contributed by atoms with Crippen LogP contribution in [0.15, 0.2) is 60.7 Å². The normalized spacial score (nSPS) is 12.0. The Kier molecular flexibility index (Phi) is 4.72. The van der Waals surface area contributed by atoms with Gasteiger partial charge in [-0.3, -0.25) is 4.79 Å². The van der Waals surface area contributed by atoms with Gasteiger partial charge < -0.3 is 10.1 Å². The van der Waals surface area contributed by atoms with Crippen molar-refractivity contribution in [2.75, 3.05) is 5.32 Å². The second-order valence-electron chi connectivity index (χ2n) is 5.72. The summed E-state index contributed by atoms with van der Waals surface area (Å²) in [5.41, 5.74) is 1.65. The second-order valence-corrected chi connectivity index (χ2v) is 6.16. The highest BCUT2D eigenvalue weighted by atomic mass is 35.5. The first-order valence-electron chi connectivity index (χ1n) is 7.75. The maximum Gasteiger partial charge on any atom is 0.265 e. The molecule has 4 heteroatoms. The lowest BCUT2D eigenvalue weighted by atomic mass is 10.1. The molecular formula is C20H18ClNO2. The molecule has 0 bridgehead atoms. The summed E-state index contributed by atoms with van der Waals surface area (Å²) in [6.45, 7) is 3.62. The van der Waals surface area contributed by atoms with E-state index in [1.807, 2.05) is 55.5 Å². The number of rotatable bonds is 4. The molecule has 0 aliphatic carbocycles. The molecule has 1 N–H and O–H groups in total. The van der Waals surface area contributed by atoms with Gasteiger partial charge >= 0.3 is 0 Å². The van der Waals surface area contributed by atoms with Crippen LogP contribution in [0, 0.1) is 6.92 Å². The van der Waals surface area contributed by atoms with Crippen molar-refractivity contribution in [2.45, 2.75) is 20.0 Å². The average molecular weight is 340 g/mol. The van der Waals surface area contributed by atoms with Gasteiger partial charge in [-0.05, 0) is 60.5 Å². The molecule has 3 aromatic rings. The Labute approximate surface area is 146 Å². The Morgan fingerprint density at radius 2 is 1.79 bits per heavy atom. The van der Waals surface area contributed by atoms with Crippen LogP contribution in [0.3, 0.4) is 0 Å². The molecule has 0 fully saturated rings. The van der Waals surface area contributed by atoms with Crippen LogP contribution in [0.25, 0.3) is 10.8 Å². The van der Waals surface area contributed by atoms with Crippen molar-refractivity contribution in [1.29, 1.82) is 0 Å². The number of nitrogens with one attached hydrogen (secondary N) is 1. The van der Waals surface area contributed by atoms with Crippen molar-refractivity contribution in [3.63, 3.8) is 0 Å². The number of halogens is 1. The summed E-state index contributed by atoms with van der Waals surface area (Å²) in [5, 5.41) is 5.76. The number of benzene rings is 3. The van der Waals surface area contributed by atoms with Gasteiger partial charge in [-0.15, -0.1) is 0 Å². The second kappa shape index (κ2) is 6.93. The van der Waals surface area contributed by atoms with Crippen molar-refractivity contribution in [2.24, 2.45) is 0 Å². The van der Waals surface area contributed by atoms with Crippen LogP contribution < -0.4 is 10.1 Å². The van der Waals surface area contributed by atoms with Gasteiger partial charge in [0.25, 0.3) is 5.91 Å². The Bertz CT molecular complexity index is 892. The smallest absolute Gasteiger partial charge is 0.265 e. The van der Waals surface area contributed by atoms with Crippen LogP contribution >= 0.6 is 11.6 Å². The van der Waals surface area contributed by atoms with Gasteiger partial charge in [-0.1, -0.05) is 41.9 Å².